The fourth-order valence-electron chi connectivity index (χ4n) is 5.50. The molecule has 0 atom stereocenters. The number of benzene rings is 1. The van der Waals surface area contributed by atoms with Crippen LogP contribution in [-0.2, 0) is 22.5 Å². The summed E-state index contributed by atoms with van der Waals surface area (Å²) in [6.07, 6.45) is 6.73. The van der Waals surface area contributed by atoms with Gasteiger partial charge in [-0.15, -0.1) is 0 Å². The first kappa shape index (κ1) is 33.3. The summed E-state index contributed by atoms with van der Waals surface area (Å²) in [5, 5.41) is 0. The average Bonchev–Trinajstić information content (AvgIpc) is 3.39. The third-order valence-corrected chi connectivity index (χ3v) is 8.18. The number of ether oxygens (including phenoxy) is 4. The molecule has 44 heavy (non-hydrogen) atoms. The number of hydrogen-bond acceptors (Lipinski definition) is 11. The van der Waals surface area contributed by atoms with Gasteiger partial charge in [-0.3, -0.25) is 9.36 Å². The molecular formula is C32H49N7O5. The number of methoxy groups -OCH3 is 2. The Morgan fingerprint density at radius 3 is 2.61 bits per heavy atom. The molecule has 242 valence electrons. The van der Waals surface area contributed by atoms with Gasteiger partial charge in [-0.2, -0.15) is 15.0 Å². The van der Waals surface area contributed by atoms with Crippen molar-refractivity contribution in [3.8, 4) is 17.8 Å². The molecule has 1 saturated heterocycles. The van der Waals surface area contributed by atoms with E-state index in [1.807, 2.05) is 28.8 Å². The standard InChI is InChI=1S/C32H49N7O5/c1-5-6-20-44-31-35-29(33)28-30(36-31)39(32(34-28)42-4)18-13-24-11-16-38(17-12-24)15-8-14-37(2)19-21-43-26-10-7-9-25(22-26)23-27(40)41-3/h7,9-10,22,24H,5-6,8,11-21,23H2,1-4H3,(H2,33,35,36). The molecule has 0 saturated carbocycles. The minimum Gasteiger partial charge on any atom is -0.492 e. The van der Waals surface area contributed by atoms with Gasteiger partial charge in [0.05, 0.1) is 27.2 Å². The molecule has 0 radical (unpaired) electrons. The highest BCUT2D eigenvalue weighted by molar-refractivity contribution is 5.83. The molecular weight excluding hydrogens is 562 g/mol. The van der Waals surface area contributed by atoms with Crippen LogP contribution in [0.4, 0.5) is 5.82 Å². The van der Waals surface area contributed by atoms with Crippen molar-refractivity contribution in [2.45, 2.75) is 58.4 Å². The van der Waals surface area contributed by atoms with E-state index in [1.54, 1.807) is 7.11 Å². The second-order valence-corrected chi connectivity index (χ2v) is 11.5. The van der Waals surface area contributed by atoms with Crippen LogP contribution in [0.5, 0.6) is 17.8 Å². The third kappa shape index (κ3) is 9.68. The van der Waals surface area contributed by atoms with Gasteiger partial charge in [0.2, 0.25) is 0 Å². The Balaban J connectivity index is 1.15. The minimum atomic E-state index is -0.251. The molecule has 2 N–H and O–H groups in total. The zero-order valence-corrected chi connectivity index (χ0v) is 26.8. The van der Waals surface area contributed by atoms with Crippen molar-refractivity contribution in [3.63, 3.8) is 0 Å². The monoisotopic (exact) mass is 611 g/mol. The Morgan fingerprint density at radius 2 is 1.86 bits per heavy atom. The molecule has 1 aliphatic rings. The molecule has 0 aliphatic carbocycles. The first-order valence-corrected chi connectivity index (χ1v) is 15.8. The van der Waals surface area contributed by atoms with Crippen LogP contribution in [-0.4, -0.2) is 102 Å². The van der Waals surface area contributed by atoms with Gasteiger partial charge in [0.1, 0.15) is 12.4 Å². The zero-order valence-electron chi connectivity index (χ0n) is 26.8. The Labute approximate surface area is 260 Å². The minimum absolute atomic E-state index is 0.251. The van der Waals surface area contributed by atoms with E-state index in [2.05, 4.69) is 38.7 Å². The van der Waals surface area contributed by atoms with E-state index in [4.69, 9.17) is 24.7 Å². The highest BCUT2D eigenvalue weighted by Gasteiger charge is 2.22. The molecule has 1 fully saturated rings. The van der Waals surface area contributed by atoms with Gasteiger partial charge in [0.25, 0.3) is 6.01 Å². The van der Waals surface area contributed by atoms with Crippen LogP contribution in [0.15, 0.2) is 24.3 Å². The highest BCUT2D eigenvalue weighted by Crippen LogP contribution is 2.28. The highest BCUT2D eigenvalue weighted by atomic mass is 16.5. The van der Waals surface area contributed by atoms with Crippen molar-refractivity contribution >= 4 is 23.0 Å². The smallest absolute Gasteiger partial charge is 0.320 e. The van der Waals surface area contributed by atoms with Crippen molar-refractivity contribution in [2.75, 3.05) is 72.9 Å². The number of hydrogen-bond donors (Lipinski definition) is 1. The van der Waals surface area contributed by atoms with Crippen molar-refractivity contribution in [1.82, 2.24) is 29.3 Å². The van der Waals surface area contributed by atoms with E-state index in [-0.39, 0.29) is 12.4 Å². The number of esters is 1. The number of nitrogens with two attached hydrogens (primary N) is 1. The number of unbranched alkanes of at least 4 members (excludes halogenated alkanes) is 1. The first-order chi connectivity index (χ1) is 21.4. The fourth-order valence-corrected chi connectivity index (χ4v) is 5.50. The molecule has 1 aliphatic heterocycles. The lowest BCUT2D eigenvalue weighted by Crippen LogP contribution is -2.36. The zero-order chi connectivity index (χ0) is 31.3. The molecule has 2 aromatic heterocycles. The maximum absolute atomic E-state index is 11.5. The number of nitrogen functional groups attached to an aromatic ring is 1. The van der Waals surface area contributed by atoms with E-state index < -0.39 is 0 Å². The summed E-state index contributed by atoms with van der Waals surface area (Å²) >= 11 is 0. The van der Waals surface area contributed by atoms with Crippen molar-refractivity contribution < 1.29 is 23.7 Å². The average molecular weight is 612 g/mol. The number of rotatable bonds is 18. The topological polar surface area (TPSA) is 130 Å². The summed E-state index contributed by atoms with van der Waals surface area (Å²) < 4.78 is 24.0. The van der Waals surface area contributed by atoms with Crippen LogP contribution < -0.4 is 19.9 Å². The lowest BCUT2D eigenvalue weighted by molar-refractivity contribution is -0.139. The van der Waals surface area contributed by atoms with E-state index in [1.165, 1.54) is 20.0 Å². The van der Waals surface area contributed by atoms with E-state index >= 15 is 0 Å². The molecule has 0 bridgehead atoms. The number of carbonyl (C=O) groups excluding carboxylic acids is 1. The molecule has 3 heterocycles. The van der Waals surface area contributed by atoms with Gasteiger partial charge < -0.3 is 34.5 Å². The Bertz CT molecular complexity index is 1330. The number of fused-ring (bicyclic) bond motifs is 1. The second kappa shape index (κ2) is 17.0. The van der Waals surface area contributed by atoms with E-state index in [9.17, 15) is 4.79 Å². The number of piperidine rings is 1. The number of likely N-dealkylation sites (tertiary alicyclic amines) is 1. The summed E-state index contributed by atoms with van der Waals surface area (Å²) in [5.74, 6) is 1.48. The molecule has 1 aromatic carbocycles. The molecule has 0 amide bonds. The Kier molecular flexibility index (Phi) is 12.9. The van der Waals surface area contributed by atoms with Gasteiger partial charge in [0, 0.05) is 13.1 Å². The normalized spacial score (nSPS) is 14.3. The van der Waals surface area contributed by atoms with E-state index in [0.29, 0.717) is 48.1 Å². The quantitative estimate of drug-likeness (QED) is 0.166. The first-order valence-electron chi connectivity index (χ1n) is 15.8. The number of anilines is 1. The van der Waals surface area contributed by atoms with Crippen molar-refractivity contribution in [2.24, 2.45) is 5.92 Å². The summed E-state index contributed by atoms with van der Waals surface area (Å²) in [6, 6.07) is 8.43. The number of nitrogens with zero attached hydrogens (tertiary/aromatic N) is 6. The number of aromatic nitrogens is 4. The summed E-state index contributed by atoms with van der Waals surface area (Å²) in [5.41, 5.74) is 8.31. The van der Waals surface area contributed by atoms with Gasteiger partial charge in [0.15, 0.2) is 17.0 Å². The number of carbonyl (C=O) groups is 1. The van der Waals surface area contributed by atoms with Crippen LogP contribution in [0.1, 0.15) is 51.0 Å². The molecule has 0 unspecified atom stereocenters. The molecule has 12 nitrogen and oxygen atoms in total. The number of likely N-dealkylation sites (N-methyl/N-ethyl adjacent to an activating group) is 1. The maximum Gasteiger partial charge on any atom is 0.320 e. The van der Waals surface area contributed by atoms with Gasteiger partial charge >= 0.3 is 12.0 Å². The fraction of sp³-hybridized carbons (Fsp3) is 0.625. The molecule has 3 aromatic rings. The summed E-state index contributed by atoms with van der Waals surface area (Å²) in [6.45, 7) is 9.24. The molecule has 12 heteroatoms. The van der Waals surface area contributed by atoms with Crippen LogP contribution in [0, 0.1) is 5.92 Å². The van der Waals surface area contributed by atoms with Crippen molar-refractivity contribution in [3.05, 3.63) is 29.8 Å². The van der Waals surface area contributed by atoms with E-state index in [0.717, 1.165) is 76.3 Å². The predicted octanol–water partition coefficient (Wildman–Crippen LogP) is 3.81. The molecule has 4 rings (SSSR count). The van der Waals surface area contributed by atoms with Crippen molar-refractivity contribution in [1.29, 1.82) is 0 Å². The Hall–Kier alpha value is -3.64. The number of imidazole rings is 1. The van der Waals surface area contributed by atoms with Gasteiger partial charge in [-0.25, -0.2) is 0 Å². The lowest BCUT2D eigenvalue weighted by Gasteiger charge is -2.32. The van der Waals surface area contributed by atoms with Gasteiger partial charge in [-0.1, -0.05) is 25.5 Å². The SMILES string of the molecule is CCCCOc1nc(N)c2nc(OC)n(CCC3CCN(CCCN(C)CCOc4cccc(CC(=O)OC)c4)CC3)c2n1. The molecule has 0 spiro atoms. The lowest BCUT2D eigenvalue weighted by atomic mass is 9.93. The van der Waals surface area contributed by atoms with Crippen LogP contribution in [0.2, 0.25) is 0 Å². The second-order valence-electron chi connectivity index (χ2n) is 11.5. The predicted molar refractivity (Wildman–Crippen MR) is 170 cm³/mol. The van der Waals surface area contributed by atoms with Crippen LogP contribution >= 0.6 is 0 Å². The van der Waals surface area contributed by atoms with Gasteiger partial charge in [-0.05, 0) is 88.9 Å². The van der Waals surface area contributed by atoms with Crippen LogP contribution in [0.3, 0.4) is 0 Å². The summed E-state index contributed by atoms with van der Waals surface area (Å²) in [4.78, 5) is 29.9. The summed E-state index contributed by atoms with van der Waals surface area (Å²) in [7, 11) is 5.16. The largest absolute Gasteiger partial charge is 0.492 e. The van der Waals surface area contributed by atoms with Crippen LogP contribution in [0.25, 0.3) is 11.2 Å². The number of aryl methyl sites for hydroxylation is 1. The third-order valence-electron chi connectivity index (χ3n) is 8.18. The Morgan fingerprint density at radius 1 is 1.05 bits per heavy atom. The maximum atomic E-state index is 11.5.